The number of ether oxygens (including phenoxy) is 1. The summed E-state index contributed by atoms with van der Waals surface area (Å²) in [7, 11) is 0. The molecular weight excluding hydrogens is 532 g/mol. The lowest BCUT2D eigenvalue weighted by Crippen LogP contribution is -2.54. The Hall–Kier alpha value is -3.90. The number of nitrogens with zero attached hydrogens (tertiary/aromatic N) is 1. The maximum Gasteiger partial charge on any atom is 0.408 e. The van der Waals surface area contributed by atoms with E-state index in [4.69, 9.17) is 4.74 Å². The number of benzene rings is 2. The summed E-state index contributed by atoms with van der Waals surface area (Å²) in [6, 6.07) is 18.7. The zero-order valence-electron chi connectivity index (χ0n) is 24.8. The van der Waals surface area contributed by atoms with Crippen LogP contribution in [0.4, 0.5) is 4.79 Å². The molecule has 0 saturated heterocycles. The zero-order valence-corrected chi connectivity index (χ0v) is 24.8. The van der Waals surface area contributed by atoms with Gasteiger partial charge in [0.2, 0.25) is 11.8 Å². The maximum absolute atomic E-state index is 13.4. The van der Waals surface area contributed by atoms with Crippen molar-refractivity contribution in [2.75, 3.05) is 0 Å². The quantitative estimate of drug-likeness (QED) is 0.295. The van der Waals surface area contributed by atoms with Crippen molar-refractivity contribution < 1.29 is 24.2 Å². The molecule has 0 heterocycles. The summed E-state index contributed by atoms with van der Waals surface area (Å²) < 4.78 is 5.25. The molecule has 0 aliphatic heterocycles. The lowest BCUT2D eigenvalue weighted by molar-refractivity contribution is -0.130. The van der Waals surface area contributed by atoms with Crippen molar-refractivity contribution in [3.63, 3.8) is 0 Å². The van der Waals surface area contributed by atoms with E-state index in [0.29, 0.717) is 12.8 Å². The lowest BCUT2D eigenvalue weighted by atomic mass is 9.74. The van der Waals surface area contributed by atoms with Crippen molar-refractivity contribution in [1.82, 2.24) is 16.0 Å². The van der Waals surface area contributed by atoms with Gasteiger partial charge in [0, 0.05) is 11.5 Å². The molecule has 1 fully saturated rings. The summed E-state index contributed by atoms with van der Waals surface area (Å²) in [5, 5.41) is 29.3. The molecule has 3 rings (SSSR count). The number of alkyl carbamates (subject to hydrolysis) is 1. The highest BCUT2D eigenvalue weighted by molar-refractivity contribution is 5.86. The Kier molecular flexibility index (Phi) is 12.4. The predicted molar refractivity (Wildman–Crippen MR) is 160 cm³/mol. The number of hydrogen-bond acceptors (Lipinski definition) is 6. The molecule has 0 bridgehead atoms. The summed E-state index contributed by atoms with van der Waals surface area (Å²) in [4.78, 5) is 38.9. The van der Waals surface area contributed by atoms with Crippen LogP contribution in [0.1, 0.15) is 70.4 Å². The van der Waals surface area contributed by atoms with Crippen molar-refractivity contribution in [3.05, 3.63) is 71.8 Å². The standard InChI is InChI=1S/C33H44N4O5/c1-33(2,3)37-30(39)26-17-11-10-16-25(26)21-29(38)28(20-23-12-6-4-7-13-23)35-31(40)27(18-19-34)36-32(41)42-22-24-14-8-5-9-15-24/h4-9,12-15,25-29,38H,10-11,16-18,20-22H2,1-3H3,(H,35,40)(H,36,41)(H,37,39)/t25-,26+,27-,28-,29+/m0/s1. The number of hydrogen-bond donors (Lipinski definition) is 4. The molecule has 1 aliphatic rings. The monoisotopic (exact) mass is 576 g/mol. The molecule has 9 nitrogen and oxygen atoms in total. The zero-order chi connectivity index (χ0) is 30.5. The molecule has 42 heavy (non-hydrogen) atoms. The van der Waals surface area contributed by atoms with Crippen LogP contribution < -0.4 is 16.0 Å². The van der Waals surface area contributed by atoms with Gasteiger partial charge in [-0.2, -0.15) is 5.26 Å². The number of aliphatic hydroxyl groups excluding tert-OH is 1. The molecule has 0 spiro atoms. The third-order valence-electron chi connectivity index (χ3n) is 7.50. The Labute approximate surface area is 249 Å². The highest BCUT2D eigenvalue weighted by atomic mass is 16.5. The van der Waals surface area contributed by atoms with E-state index in [2.05, 4.69) is 16.0 Å². The number of carbonyl (C=O) groups excluding carboxylic acids is 3. The molecule has 0 unspecified atom stereocenters. The van der Waals surface area contributed by atoms with Crippen LogP contribution in [0, 0.1) is 23.2 Å². The van der Waals surface area contributed by atoms with E-state index in [-0.39, 0.29) is 36.3 Å². The third kappa shape index (κ3) is 10.8. The summed E-state index contributed by atoms with van der Waals surface area (Å²) in [6.07, 6.45) is 2.17. The average molecular weight is 577 g/mol. The Bertz CT molecular complexity index is 1190. The minimum absolute atomic E-state index is 0.00431. The molecule has 9 heteroatoms. The van der Waals surface area contributed by atoms with E-state index in [0.717, 1.165) is 36.8 Å². The van der Waals surface area contributed by atoms with Crippen molar-refractivity contribution in [2.45, 2.75) is 96.1 Å². The van der Waals surface area contributed by atoms with Crippen LogP contribution >= 0.6 is 0 Å². The fourth-order valence-corrected chi connectivity index (χ4v) is 5.41. The van der Waals surface area contributed by atoms with Crippen molar-refractivity contribution >= 4 is 17.9 Å². The van der Waals surface area contributed by atoms with Gasteiger partial charge in [-0.25, -0.2) is 4.79 Å². The first kappa shape index (κ1) is 32.6. The van der Waals surface area contributed by atoms with Gasteiger partial charge >= 0.3 is 6.09 Å². The minimum Gasteiger partial charge on any atom is -0.445 e. The van der Waals surface area contributed by atoms with Crippen LogP contribution in [0.5, 0.6) is 0 Å². The molecule has 3 amide bonds. The second-order valence-electron chi connectivity index (χ2n) is 12.1. The van der Waals surface area contributed by atoms with Gasteiger partial charge in [-0.15, -0.1) is 0 Å². The topological polar surface area (TPSA) is 141 Å². The first-order chi connectivity index (χ1) is 20.1. The van der Waals surface area contributed by atoms with E-state index < -0.39 is 30.2 Å². The van der Waals surface area contributed by atoms with Gasteiger partial charge in [0.05, 0.1) is 24.6 Å². The molecule has 1 aliphatic carbocycles. The number of aliphatic hydroxyl groups is 1. The average Bonchev–Trinajstić information content (AvgIpc) is 2.96. The van der Waals surface area contributed by atoms with Gasteiger partial charge in [-0.3, -0.25) is 9.59 Å². The molecular formula is C33H44N4O5. The highest BCUT2D eigenvalue weighted by Crippen LogP contribution is 2.34. The van der Waals surface area contributed by atoms with Crippen LogP contribution in [0.3, 0.4) is 0 Å². The second kappa shape index (κ2) is 15.9. The third-order valence-corrected chi connectivity index (χ3v) is 7.50. The maximum atomic E-state index is 13.4. The van der Waals surface area contributed by atoms with Crippen LogP contribution in [0.2, 0.25) is 0 Å². The number of carbonyl (C=O) groups is 3. The van der Waals surface area contributed by atoms with E-state index in [1.807, 2.05) is 87.5 Å². The van der Waals surface area contributed by atoms with Crippen LogP contribution in [0.25, 0.3) is 0 Å². The normalized spacial score (nSPS) is 18.9. The summed E-state index contributed by atoms with van der Waals surface area (Å²) in [5.74, 6) is -0.838. The summed E-state index contributed by atoms with van der Waals surface area (Å²) >= 11 is 0. The SMILES string of the molecule is CC(C)(C)NC(=O)[C@@H]1CCCC[C@H]1C[C@@H](O)[C@H](Cc1ccccc1)NC(=O)[C@H](CC#N)NC(=O)OCc1ccccc1. The first-order valence-electron chi connectivity index (χ1n) is 14.7. The fourth-order valence-electron chi connectivity index (χ4n) is 5.41. The van der Waals surface area contributed by atoms with Gasteiger partial charge in [-0.1, -0.05) is 73.5 Å². The van der Waals surface area contributed by atoms with E-state index in [1.165, 1.54) is 0 Å². The molecule has 1 saturated carbocycles. The second-order valence-corrected chi connectivity index (χ2v) is 12.1. The molecule has 2 aromatic carbocycles. The molecule has 0 aromatic heterocycles. The number of nitriles is 1. The highest BCUT2D eigenvalue weighted by Gasteiger charge is 2.36. The van der Waals surface area contributed by atoms with E-state index in [1.54, 1.807) is 0 Å². The van der Waals surface area contributed by atoms with Gasteiger partial charge < -0.3 is 25.8 Å². The van der Waals surface area contributed by atoms with Gasteiger partial charge in [0.1, 0.15) is 12.6 Å². The Balaban J connectivity index is 1.70. The van der Waals surface area contributed by atoms with Gasteiger partial charge in [0.15, 0.2) is 0 Å². The summed E-state index contributed by atoms with van der Waals surface area (Å²) in [5.41, 5.74) is 1.35. The van der Waals surface area contributed by atoms with E-state index >= 15 is 0 Å². The number of nitrogens with one attached hydrogen (secondary N) is 3. The smallest absolute Gasteiger partial charge is 0.408 e. The molecule has 4 N–H and O–H groups in total. The first-order valence-corrected chi connectivity index (χ1v) is 14.7. The van der Waals surface area contributed by atoms with Gasteiger partial charge in [-0.05, 0) is 63.5 Å². The van der Waals surface area contributed by atoms with E-state index in [9.17, 15) is 24.8 Å². The molecule has 2 aromatic rings. The fraction of sp³-hybridized carbons (Fsp3) is 0.515. The van der Waals surface area contributed by atoms with Crippen molar-refractivity contribution in [3.8, 4) is 6.07 Å². The predicted octanol–water partition coefficient (Wildman–Crippen LogP) is 4.39. The number of amides is 3. The lowest BCUT2D eigenvalue weighted by Gasteiger charge is -2.36. The molecule has 226 valence electrons. The van der Waals surface area contributed by atoms with Crippen molar-refractivity contribution in [1.29, 1.82) is 5.26 Å². The van der Waals surface area contributed by atoms with Crippen molar-refractivity contribution in [2.24, 2.45) is 11.8 Å². The van der Waals surface area contributed by atoms with Crippen LogP contribution in [-0.2, 0) is 27.4 Å². The Morgan fingerprint density at radius 1 is 0.976 bits per heavy atom. The Morgan fingerprint density at radius 2 is 1.60 bits per heavy atom. The minimum atomic E-state index is -1.16. The summed E-state index contributed by atoms with van der Waals surface area (Å²) in [6.45, 7) is 5.87. The van der Waals surface area contributed by atoms with Crippen LogP contribution in [-0.4, -0.2) is 46.7 Å². The molecule has 5 atom stereocenters. The largest absolute Gasteiger partial charge is 0.445 e. The van der Waals surface area contributed by atoms with Gasteiger partial charge in [0.25, 0.3) is 0 Å². The van der Waals surface area contributed by atoms with Crippen LogP contribution in [0.15, 0.2) is 60.7 Å². The molecule has 0 radical (unpaired) electrons. The number of rotatable bonds is 12. The Morgan fingerprint density at radius 3 is 2.21 bits per heavy atom.